The number of hydrogen-bond donors (Lipinski definition) is 0. The standard InChI is InChI=1S/C26H23I/c1-16-7-10-21-17(13-16)5-4-6-20(21)18-8-11-22-23-12-9-19(27)15-25(23)26(2,3)24(22)14-18/h4-12,14-16H,13H2,1-3H3/t16-/m0/s1. The van der Waals surface area contributed by atoms with Gasteiger partial charge in [0.05, 0.1) is 0 Å². The van der Waals surface area contributed by atoms with Crippen LogP contribution in [0.2, 0.25) is 0 Å². The lowest BCUT2D eigenvalue weighted by molar-refractivity contribution is 0.660. The molecule has 1 heteroatoms. The van der Waals surface area contributed by atoms with Crippen molar-refractivity contribution >= 4 is 28.7 Å². The summed E-state index contributed by atoms with van der Waals surface area (Å²) in [4.78, 5) is 0. The molecule has 0 aliphatic heterocycles. The van der Waals surface area contributed by atoms with Crippen LogP contribution in [0, 0.1) is 9.49 Å². The number of halogens is 1. The summed E-state index contributed by atoms with van der Waals surface area (Å²) in [6.07, 6.45) is 5.81. The molecule has 0 spiro atoms. The largest absolute Gasteiger partial charge is 0.0807 e. The SMILES string of the molecule is C[C@H]1C=Cc2c(cccc2-c2ccc3c(c2)C(C)(C)c2cc(I)ccc2-3)C1. The third kappa shape index (κ3) is 2.62. The Morgan fingerprint density at radius 2 is 1.63 bits per heavy atom. The van der Waals surface area contributed by atoms with Crippen LogP contribution in [0.1, 0.15) is 43.0 Å². The average Bonchev–Trinajstić information content (AvgIpc) is 2.88. The fourth-order valence-electron chi connectivity index (χ4n) is 4.79. The van der Waals surface area contributed by atoms with E-state index in [4.69, 9.17) is 0 Å². The van der Waals surface area contributed by atoms with Crippen molar-refractivity contribution in [1.82, 2.24) is 0 Å². The molecule has 0 fully saturated rings. The zero-order valence-corrected chi connectivity index (χ0v) is 18.2. The third-order valence-corrected chi connectivity index (χ3v) is 6.95. The van der Waals surface area contributed by atoms with E-state index in [0.717, 1.165) is 6.42 Å². The van der Waals surface area contributed by atoms with Crippen LogP contribution in [-0.4, -0.2) is 0 Å². The van der Waals surface area contributed by atoms with Gasteiger partial charge in [0.15, 0.2) is 0 Å². The summed E-state index contributed by atoms with van der Waals surface area (Å²) in [7, 11) is 0. The smallest absolute Gasteiger partial charge is 0.0159 e. The molecule has 0 unspecified atom stereocenters. The Morgan fingerprint density at radius 1 is 0.889 bits per heavy atom. The van der Waals surface area contributed by atoms with Gasteiger partial charge in [-0.05, 0) is 97.6 Å². The summed E-state index contributed by atoms with van der Waals surface area (Å²) in [5.74, 6) is 0.628. The van der Waals surface area contributed by atoms with Crippen molar-refractivity contribution in [3.8, 4) is 22.3 Å². The summed E-state index contributed by atoms with van der Waals surface area (Å²) >= 11 is 2.42. The number of allylic oxidation sites excluding steroid dienone is 1. The van der Waals surface area contributed by atoms with Gasteiger partial charge in [0.1, 0.15) is 0 Å². The average molecular weight is 462 g/mol. The van der Waals surface area contributed by atoms with Crippen LogP contribution in [0.25, 0.3) is 28.3 Å². The minimum absolute atomic E-state index is 0.0427. The van der Waals surface area contributed by atoms with Crippen LogP contribution in [0.15, 0.2) is 60.7 Å². The molecular weight excluding hydrogens is 439 g/mol. The minimum Gasteiger partial charge on any atom is -0.0807 e. The maximum absolute atomic E-state index is 2.43. The van der Waals surface area contributed by atoms with Crippen molar-refractivity contribution in [2.45, 2.75) is 32.6 Å². The van der Waals surface area contributed by atoms with E-state index < -0.39 is 0 Å². The molecule has 2 aliphatic rings. The molecule has 0 bridgehead atoms. The number of rotatable bonds is 1. The second kappa shape index (κ2) is 6.07. The van der Waals surface area contributed by atoms with E-state index in [1.54, 1.807) is 0 Å². The number of hydrogen-bond acceptors (Lipinski definition) is 0. The lowest BCUT2D eigenvalue weighted by Crippen LogP contribution is -2.15. The van der Waals surface area contributed by atoms with E-state index in [2.05, 4.69) is 110 Å². The van der Waals surface area contributed by atoms with Crippen LogP contribution in [0.5, 0.6) is 0 Å². The number of benzene rings is 3. The molecule has 1 atom stereocenters. The van der Waals surface area contributed by atoms with Crippen LogP contribution in [-0.2, 0) is 11.8 Å². The normalized spacial score (nSPS) is 18.7. The van der Waals surface area contributed by atoms with Gasteiger partial charge in [-0.25, -0.2) is 0 Å². The monoisotopic (exact) mass is 462 g/mol. The topological polar surface area (TPSA) is 0 Å². The molecule has 2 aliphatic carbocycles. The van der Waals surface area contributed by atoms with Crippen LogP contribution >= 0.6 is 22.6 Å². The van der Waals surface area contributed by atoms with E-state index in [9.17, 15) is 0 Å². The van der Waals surface area contributed by atoms with Crippen LogP contribution < -0.4 is 0 Å². The lowest BCUT2D eigenvalue weighted by Gasteiger charge is -2.23. The first-order valence-corrected chi connectivity index (χ1v) is 10.8. The molecule has 0 amide bonds. The van der Waals surface area contributed by atoms with E-state index in [0.29, 0.717) is 5.92 Å². The molecule has 0 saturated carbocycles. The zero-order chi connectivity index (χ0) is 18.8. The van der Waals surface area contributed by atoms with Crippen molar-refractivity contribution in [1.29, 1.82) is 0 Å². The second-order valence-corrected chi connectivity index (χ2v) is 9.74. The van der Waals surface area contributed by atoms with Gasteiger partial charge in [0.2, 0.25) is 0 Å². The van der Waals surface area contributed by atoms with Gasteiger partial charge in [-0.3, -0.25) is 0 Å². The highest BCUT2D eigenvalue weighted by Crippen LogP contribution is 2.50. The second-order valence-electron chi connectivity index (χ2n) is 8.49. The molecule has 0 nitrogen and oxygen atoms in total. The molecule has 3 aromatic carbocycles. The molecule has 0 aromatic heterocycles. The highest BCUT2D eigenvalue weighted by Gasteiger charge is 2.35. The van der Waals surface area contributed by atoms with Crippen molar-refractivity contribution in [3.63, 3.8) is 0 Å². The molecule has 134 valence electrons. The molecule has 0 N–H and O–H groups in total. The van der Waals surface area contributed by atoms with Crippen LogP contribution in [0.4, 0.5) is 0 Å². The Labute approximate surface area is 175 Å². The molecule has 0 radical (unpaired) electrons. The van der Waals surface area contributed by atoms with Gasteiger partial charge in [-0.2, -0.15) is 0 Å². The van der Waals surface area contributed by atoms with Gasteiger partial charge >= 0.3 is 0 Å². The predicted molar refractivity (Wildman–Crippen MR) is 124 cm³/mol. The Kier molecular flexibility index (Phi) is 3.87. The summed E-state index contributed by atoms with van der Waals surface area (Å²) in [6.45, 7) is 7.02. The van der Waals surface area contributed by atoms with E-state index >= 15 is 0 Å². The minimum atomic E-state index is 0.0427. The first-order valence-electron chi connectivity index (χ1n) is 9.70. The molecular formula is C26H23I. The van der Waals surface area contributed by atoms with Gasteiger partial charge in [0.25, 0.3) is 0 Å². The van der Waals surface area contributed by atoms with Crippen LogP contribution in [0.3, 0.4) is 0 Å². The van der Waals surface area contributed by atoms with Crippen molar-refractivity contribution in [2.75, 3.05) is 0 Å². The molecule has 27 heavy (non-hydrogen) atoms. The third-order valence-electron chi connectivity index (χ3n) is 6.28. The van der Waals surface area contributed by atoms with E-state index in [1.807, 2.05) is 0 Å². The zero-order valence-electron chi connectivity index (χ0n) is 16.0. The maximum Gasteiger partial charge on any atom is 0.0159 e. The highest BCUT2D eigenvalue weighted by atomic mass is 127. The summed E-state index contributed by atoms with van der Waals surface area (Å²) < 4.78 is 1.31. The Balaban J connectivity index is 1.69. The summed E-state index contributed by atoms with van der Waals surface area (Å²) in [5, 5.41) is 0. The Bertz CT molecular complexity index is 1100. The number of fused-ring (bicyclic) bond motifs is 4. The Morgan fingerprint density at radius 3 is 2.44 bits per heavy atom. The van der Waals surface area contributed by atoms with Crippen molar-refractivity contribution in [2.24, 2.45) is 5.92 Å². The van der Waals surface area contributed by atoms with Crippen molar-refractivity contribution in [3.05, 3.63) is 86.5 Å². The predicted octanol–water partition coefficient (Wildman–Crippen LogP) is 7.47. The van der Waals surface area contributed by atoms with Gasteiger partial charge < -0.3 is 0 Å². The molecule has 0 heterocycles. The van der Waals surface area contributed by atoms with E-state index in [1.165, 1.54) is 48.1 Å². The maximum atomic E-state index is 2.43. The highest BCUT2D eigenvalue weighted by molar-refractivity contribution is 14.1. The fraction of sp³-hybridized carbons (Fsp3) is 0.231. The molecule has 5 rings (SSSR count). The first kappa shape index (κ1) is 17.2. The summed E-state index contributed by atoms with van der Waals surface area (Å²) in [6, 6.07) is 20.7. The van der Waals surface area contributed by atoms with Gasteiger partial charge in [0, 0.05) is 8.99 Å². The van der Waals surface area contributed by atoms with Gasteiger partial charge in [-0.1, -0.05) is 69.3 Å². The van der Waals surface area contributed by atoms with E-state index in [-0.39, 0.29) is 5.41 Å². The fourth-order valence-corrected chi connectivity index (χ4v) is 5.28. The van der Waals surface area contributed by atoms with Crippen molar-refractivity contribution < 1.29 is 0 Å². The van der Waals surface area contributed by atoms with Gasteiger partial charge in [-0.15, -0.1) is 0 Å². The first-order chi connectivity index (χ1) is 12.9. The Hall–Kier alpha value is -1.87. The molecule has 0 saturated heterocycles. The lowest BCUT2D eigenvalue weighted by atomic mass is 9.80. The quantitative estimate of drug-likeness (QED) is 0.329. The summed E-state index contributed by atoms with van der Waals surface area (Å²) in [5.41, 5.74) is 11.3. The molecule has 3 aromatic rings.